The number of unbranched alkanes of at least 4 members (excludes halogenated alkanes) is 2. The maximum absolute atomic E-state index is 10.3. The Hall–Kier alpha value is -0.610. The van der Waals surface area contributed by atoms with E-state index in [1.807, 2.05) is 0 Å². The monoisotopic (exact) mass is 243 g/mol. The van der Waals surface area contributed by atoms with E-state index in [0.717, 1.165) is 64.0 Å². The van der Waals surface area contributed by atoms with Gasteiger partial charge in [-0.15, -0.1) is 0 Å². The molecule has 0 saturated heterocycles. The Morgan fingerprint density at radius 2 is 1.82 bits per heavy atom. The topological polar surface area (TPSA) is 69.6 Å². The third-order valence-electron chi connectivity index (χ3n) is 3.49. The number of hydrogen-bond acceptors (Lipinski definition) is 3. The van der Waals surface area contributed by atoms with Crippen LogP contribution in [0.3, 0.4) is 0 Å². The molecule has 1 saturated carbocycles. The Morgan fingerprint density at radius 1 is 1.12 bits per heavy atom. The normalized spacial score (nSPS) is 24.8. The largest absolute Gasteiger partial charge is 0.481 e. The van der Waals surface area contributed by atoms with Crippen LogP contribution in [0, 0.1) is 5.92 Å². The zero-order valence-electron chi connectivity index (χ0n) is 10.5. The Bertz CT molecular complexity index is 213. The highest BCUT2D eigenvalue weighted by molar-refractivity contribution is 5.66. The fourth-order valence-electron chi connectivity index (χ4n) is 2.36. The summed E-state index contributed by atoms with van der Waals surface area (Å²) < 4.78 is 0. The molecule has 0 aromatic rings. The van der Waals surface area contributed by atoms with Gasteiger partial charge in [0.25, 0.3) is 0 Å². The van der Waals surface area contributed by atoms with Gasteiger partial charge in [0, 0.05) is 6.42 Å². The molecule has 1 aliphatic rings. The van der Waals surface area contributed by atoms with Crippen LogP contribution in [-0.4, -0.2) is 35.4 Å². The molecule has 0 bridgehead atoms. The second kappa shape index (κ2) is 8.48. The van der Waals surface area contributed by atoms with E-state index in [-0.39, 0.29) is 6.10 Å². The number of hydrogen-bond donors (Lipinski definition) is 3. The van der Waals surface area contributed by atoms with E-state index in [1.54, 1.807) is 0 Å². The second-order valence-electron chi connectivity index (χ2n) is 5.08. The molecule has 1 aliphatic carbocycles. The predicted molar refractivity (Wildman–Crippen MR) is 66.9 cm³/mol. The first-order valence-electron chi connectivity index (χ1n) is 6.79. The van der Waals surface area contributed by atoms with Crippen molar-refractivity contribution in [2.75, 3.05) is 13.1 Å². The zero-order valence-corrected chi connectivity index (χ0v) is 10.5. The molecule has 0 aromatic heterocycles. The minimum absolute atomic E-state index is 0.0673. The van der Waals surface area contributed by atoms with Gasteiger partial charge >= 0.3 is 5.97 Å². The third kappa shape index (κ3) is 7.34. The third-order valence-corrected chi connectivity index (χ3v) is 3.49. The maximum Gasteiger partial charge on any atom is 0.303 e. The van der Waals surface area contributed by atoms with Crippen LogP contribution in [0.15, 0.2) is 0 Å². The van der Waals surface area contributed by atoms with Gasteiger partial charge in [-0.3, -0.25) is 4.79 Å². The van der Waals surface area contributed by atoms with Gasteiger partial charge in [-0.1, -0.05) is 6.42 Å². The molecular weight excluding hydrogens is 218 g/mol. The van der Waals surface area contributed by atoms with Crippen LogP contribution in [0.1, 0.15) is 51.4 Å². The van der Waals surface area contributed by atoms with Gasteiger partial charge in [-0.2, -0.15) is 0 Å². The first kappa shape index (κ1) is 14.5. The van der Waals surface area contributed by atoms with Gasteiger partial charge in [0.2, 0.25) is 0 Å². The fraction of sp³-hybridized carbons (Fsp3) is 0.923. The molecular formula is C13H25NO3. The highest BCUT2D eigenvalue weighted by Gasteiger charge is 2.18. The van der Waals surface area contributed by atoms with Gasteiger partial charge in [-0.05, 0) is 57.5 Å². The van der Waals surface area contributed by atoms with Gasteiger partial charge in [-0.25, -0.2) is 0 Å². The van der Waals surface area contributed by atoms with Crippen molar-refractivity contribution in [3.63, 3.8) is 0 Å². The number of carboxylic acid groups (broad SMARTS) is 1. The van der Waals surface area contributed by atoms with Crippen LogP contribution in [0.25, 0.3) is 0 Å². The first-order chi connectivity index (χ1) is 8.18. The highest BCUT2D eigenvalue weighted by atomic mass is 16.4. The molecule has 1 rings (SSSR count). The second-order valence-corrected chi connectivity index (χ2v) is 5.08. The van der Waals surface area contributed by atoms with Crippen LogP contribution in [-0.2, 0) is 4.79 Å². The number of carboxylic acids is 1. The summed E-state index contributed by atoms with van der Waals surface area (Å²) in [6.45, 7) is 2.03. The lowest BCUT2D eigenvalue weighted by atomic mass is 9.87. The Kier molecular flexibility index (Phi) is 7.21. The maximum atomic E-state index is 10.3. The number of carbonyl (C=O) groups is 1. The Balaban J connectivity index is 1.85. The number of aliphatic carboxylic acids is 1. The van der Waals surface area contributed by atoms with Gasteiger partial charge < -0.3 is 15.5 Å². The van der Waals surface area contributed by atoms with Crippen molar-refractivity contribution in [1.29, 1.82) is 0 Å². The van der Waals surface area contributed by atoms with Crippen LogP contribution in [0.5, 0.6) is 0 Å². The lowest BCUT2D eigenvalue weighted by Gasteiger charge is -2.25. The molecule has 0 spiro atoms. The standard InChI is InChI=1S/C13H25NO3/c15-12-7-5-11(6-8-12)10-14-9-3-1-2-4-13(16)17/h11-12,14-15H,1-10H2,(H,16,17). The first-order valence-corrected chi connectivity index (χ1v) is 6.79. The predicted octanol–water partition coefficient (Wildman–Crippen LogP) is 1.77. The summed E-state index contributed by atoms with van der Waals surface area (Å²) in [6.07, 6.45) is 7.22. The summed E-state index contributed by atoms with van der Waals surface area (Å²) in [5.74, 6) is 0.0242. The highest BCUT2D eigenvalue weighted by Crippen LogP contribution is 2.23. The van der Waals surface area contributed by atoms with Crippen molar-refractivity contribution >= 4 is 5.97 Å². The van der Waals surface area contributed by atoms with Crippen LogP contribution in [0.4, 0.5) is 0 Å². The number of rotatable bonds is 8. The van der Waals surface area contributed by atoms with E-state index in [4.69, 9.17) is 5.11 Å². The average molecular weight is 243 g/mol. The Morgan fingerprint density at radius 3 is 2.47 bits per heavy atom. The molecule has 0 atom stereocenters. The molecule has 0 aromatic carbocycles. The molecule has 0 unspecified atom stereocenters. The molecule has 0 aliphatic heterocycles. The molecule has 4 nitrogen and oxygen atoms in total. The summed E-state index contributed by atoms with van der Waals surface area (Å²) in [5, 5.41) is 21.3. The van der Waals surface area contributed by atoms with Gasteiger partial charge in [0.05, 0.1) is 6.10 Å². The molecule has 0 radical (unpaired) electrons. The summed E-state index contributed by atoms with van der Waals surface area (Å²) in [4.78, 5) is 10.3. The van der Waals surface area contributed by atoms with E-state index >= 15 is 0 Å². The van der Waals surface area contributed by atoms with E-state index in [0.29, 0.717) is 6.42 Å². The van der Waals surface area contributed by atoms with Crippen molar-refractivity contribution in [1.82, 2.24) is 5.32 Å². The van der Waals surface area contributed by atoms with E-state index in [9.17, 15) is 9.90 Å². The summed E-state index contributed by atoms with van der Waals surface area (Å²) in [6, 6.07) is 0. The zero-order chi connectivity index (χ0) is 12.5. The minimum atomic E-state index is -0.696. The van der Waals surface area contributed by atoms with Crippen molar-refractivity contribution in [2.45, 2.75) is 57.5 Å². The van der Waals surface area contributed by atoms with Crippen LogP contribution >= 0.6 is 0 Å². The molecule has 3 N–H and O–H groups in total. The van der Waals surface area contributed by atoms with Crippen molar-refractivity contribution in [3.05, 3.63) is 0 Å². The average Bonchev–Trinajstić information content (AvgIpc) is 2.30. The fourth-order valence-corrected chi connectivity index (χ4v) is 2.36. The summed E-state index contributed by atoms with van der Waals surface area (Å²) in [7, 11) is 0. The van der Waals surface area contributed by atoms with E-state index in [1.165, 1.54) is 0 Å². The SMILES string of the molecule is O=C(O)CCCCCNCC1CCC(O)CC1. The minimum Gasteiger partial charge on any atom is -0.481 e. The molecule has 1 fully saturated rings. The van der Waals surface area contributed by atoms with Crippen LogP contribution < -0.4 is 5.32 Å². The number of aliphatic hydroxyl groups excluding tert-OH is 1. The van der Waals surface area contributed by atoms with Crippen LogP contribution in [0.2, 0.25) is 0 Å². The van der Waals surface area contributed by atoms with Crippen molar-refractivity contribution < 1.29 is 15.0 Å². The Labute approximate surface area is 103 Å². The van der Waals surface area contributed by atoms with Crippen molar-refractivity contribution in [3.8, 4) is 0 Å². The van der Waals surface area contributed by atoms with Gasteiger partial charge in [0.1, 0.15) is 0 Å². The molecule has 0 heterocycles. The molecule has 100 valence electrons. The molecule has 4 heteroatoms. The molecule has 17 heavy (non-hydrogen) atoms. The number of nitrogens with one attached hydrogen (secondary N) is 1. The van der Waals surface area contributed by atoms with E-state index in [2.05, 4.69) is 5.32 Å². The summed E-state index contributed by atoms with van der Waals surface area (Å²) in [5.41, 5.74) is 0. The quantitative estimate of drug-likeness (QED) is 0.568. The van der Waals surface area contributed by atoms with E-state index < -0.39 is 5.97 Å². The lowest BCUT2D eigenvalue weighted by Crippen LogP contribution is -2.28. The summed E-state index contributed by atoms with van der Waals surface area (Å²) >= 11 is 0. The van der Waals surface area contributed by atoms with Gasteiger partial charge in [0.15, 0.2) is 0 Å². The molecule has 0 amide bonds. The smallest absolute Gasteiger partial charge is 0.303 e. The number of aliphatic hydroxyl groups is 1. The lowest BCUT2D eigenvalue weighted by molar-refractivity contribution is -0.137. The van der Waals surface area contributed by atoms with Crippen molar-refractivity contribution in [2.24, 2.45) is 5.92 Å².